The first-order valence-electron chi connectivity index (χ1n) is 7.84. The number of benzene rings is 2. The summed E-state index contributed by atoms with van der Waals surface area (Å²) in [5.74, 6) is 0.428. The van der Waals surface area contributed by atoms with Crippen LogP contribution in [0.3, 0.4) is 0 Å². The molecule has 0 fully saturated rings. The fourth-order valence-electron chi connectivity index (χ4n) is 3.03. The van der Waals surface area contributed by atoms with Gasteiger partial charge in [-0.15, -0.1) is 0 Å². The van der Waals surface area contributed by atoms with Gasteiger partial charge in [0.05, 0.1) is 18.2 Å². The summed E-state index contributed by atoms with van der Waals surface area (Å²) in [7, 11) is 1.55. The predicted molar refractivity (Wildman–Crippen MR) is 92.4 cm³/mol. The molecule has 4 heteroatoms. The Kier molecular flexibility index (Phi) is 4.58. The third-order valence-corrected chi connectivity index (χ3v) is 4.68. The molecule has 0 heterocycles. The van der Waals surface area contributed by atoms with Crippen LogP contribution in [0.25, 0.3) is 0 Å². The van der Waals surface area contributed by atoms with Crippen LogP contribution in [0.4, 0.5) is 0 Å². The van der Waals surface area contributed by atoms with Crippen LogP contribution in [0, 0.1) is 0 Å². The Balaban J connectivity index is 1.73. The standard InChI is InChI=1S/C19H20ClNO2/c1-12(14-7-6-13-4-3-5-15(13)10-14)21-19(22)16-8-9-18(23-2)17(20)11-16/h6-12H,3-5H2,1-2H3,(H,21,22)/t12-/m0/s1. The molecule has 1 atom stereocenters. The summed E-state index contributed by atoms with van der Waals surface area (Å²) in [5.41, 5.74) is 4.52. The van der Waals surface area contributed by atoms with Crippen LogP contribution < -0.4 is 10.1 Å². The highest BCUT2D eigenvalue weighted by Crippen LogP contribution is 2.27. The molecule has 120 valence electrons. The molecule has 1 aliphatic carbocycles. The molecule has 3 nitrogen and oxygen atoms in total. The lowest BCUT2D eigenvalue weighted by Crippen LogP contribution is -2.26. The van der Waals surface area contributed by atoms with Gasteiger partial charge in [-0.3, -0.25) is 4.79 Å². The van der Waals surface area contributed by atoms with E-state index in [0.717, 1.165) is 12.0 Å². The second-order valence-electron chi connectivity index (χ2n) is 5.93. The second kappa shape index (κ2) is 6.63. The van der Waals surface area contributed by atoms with Crippen molar-refractivity contribution in [2.75, 3.05) is 7.11 Å². The average Bonchev–Trinajstić information content (AvgIpc) is 3.02. The second-order valence-corrected chi connectivity index (χ2v) is 6.33. The van der Waals surface area contributed by atoms with Gasteiger partial charge in [-0.05, 0) is 61.1 Å². The molecule has 3 rings (SSSR count). The van der Waals surface area contributed by atoms with Gasteiger partial charge >= 0.3 is 0 Å². The Morgan fingerprint density at radius 2 is 1.96 bits per heavy atom. The van der Waals surface area contributed by atoms with E-state index in [1.54, 1.807) is 25.3 Å². The Bertz CT molecular complexity index is 742. The van der Waals surface area contributed by atoms with Crippen molar-refractivity contribution in [1.82, 2.24) is 5.32 Å². The van der Waals surface area contributed by atoms with Gasteiger partial charge in [0.15, 0.2) is 0 Å². The molecular formula is C19H20ClNO2. The highest BCUT2D eigenvalue weighted by atomic mass is 35.5. The van der Waals surface area contributed by atoms with E-state index in [9.17, 15) is 4.79 Å². The van der Waals surface area contributed by atoms with E-state index in [0.29, 0.717) is 16.3 Å². The molecule has 0 unspecified atom stereocenters. The zero-order chi connectivity index (χ0) is 16.4. The van der Waals surface area contributed by atoms with E-state index in [4.69, 9.17) is 16.3 Å². The third kappa shape index (κ3) is 3.35. The maximum Gasteiger partial charge on any atom is 0.251 e. The first-order chi connectivity index (χ1) is 11.1. The van der Waals surface area contributed by atoms with E-state index in [1.165, 1.54) is 24.0 Å². The Labute approximate surface area is 141 Å². The fraction of sp³-hybridized carbons (Fsp3) is 0.316. The number of carbonyl (C=O) groups excluding carboxylic acids is 1. The minimum Gasteiger partial charge on any atom is -0.495 e. The normalized spacial score (nSPS) is 14.2. The number of nitrogens with one attached hydrogen (secondary N) is 1. The van der Waals surface area contributed by atoms with E-state index in [2.05, 4.69) is 23.5 Å². The molecule has 1 amide bonds. The Morgan fingerprint density at radius 1 is 1.17 bits per heavy atom. The monoisotopic (exact) mass is 329 g/mol. The largest absolute Gasteiger partial charge is 0.495 e. The summed E-state index contributed by atoms with van der Waals surface area (Å²) in [6.07, 6.45) is 3.53. The number of methoxy groups -OCH3 is 1. The molecule has 23 heavy (non-hydrogen) atoms. The molecule has 0 spiro atoms. The van der Waals surface area contributed by atoms with Gasteiger partial charge in [0, 0.05) is 5.56 Å². The molecule has 0 aliphatic heterocycles. The Morgan fingerprint density at radius 3 is 2.70 bits per heavy atom. The number of halogens is 1. The summed E-state index contributed by atoms with van der Waals surface area (Å²) in [6.45, 7) is 2.00. The topological polar surface area (TPSA) is 38.3 Å². The molecule has 2 aromatic carbocycles. The summed E-state index contributed by atoms with van der Waals surface area (Å²) >= 11 is 6.09. The van der Waals surface area contributed by atoms with Crippen LogP contribution in [0.5, 0.6) is 5.75 Å². The molecule has 1 N–H and O–H groups in total. The minimum atomic E-state index is -0.137. The van der Waals surface area contributed by atoms with Crippen molar-refractivity contribution in [2.45, 2.75) is 32.2 Å². The first kappa shape index (κ1) is 15.9. The van der Waals surface area contributed by atoms with Gasteiger partial charge in [0.25, 0.3) is 5.91 Å². The minimum absolute atomic E-state index is 0.0470. The summed E-state index contributed by atoms with van der Waals surface area (Å²) in [4.78, 5) is 12.4. The summed E-state index contributed by atoms with van der Waals surface area (Å²) < 4.78 is 5.11. The number of carbonyl (C=O) groups is 1. The quantitative estimate of drug-likeness (QED) is 0.906. The van der Waals surface area contributed by atoms with Gasteiger partial charge in [-0.25, -0.2) is 0 Å². The number of hydrogen-bond donors (Lipinski definition) is 1. The van der Waals surface area contributed by atoms with Crippen molar-refractivity contribution in [1.29, 1.82) is 0 Å². The maximum atomic E-state index is 12.4. The van der Waals surface area contributed by atoms with Crippen LogP contribution in [0.1, 0.15) is 46.4 Å². The van der Waals surface area contributed by atoms with Crippen molar-refractivity contribution >= 4 is 17.5 Å². The third-order valence-electron chi connectivity index (χ3n) is 4.38. The highest BCUT2D eigenvalue weighted by molar-refractivity contribution is 6.32. The van der Waals surface area contributed by atoms with E-state index >= 15 is 0 Å². The van der Waals surface area contributed by atoms with Crippen molar-refractivity contribution in [3.8, 4) is 5.75 Å². The van der Waals surface area contributed by atoms with Gasteiger partial charge < -0.3 is 10.1 Å². The van der Waals surface area contributed by atoms with E-state index in [-0.39, 0.29) is 11.9 Å². The highest BCUT2D eigenvalue weighted by Gasteiger charge is 2.16. The predicted octanol–water partition coefficient (Wildman–Crippen LogP) is 4.33. The average molecular weight is 330 g/mol. The molecular weight excluding hydrogens is 310 g/mol. The molecule has 0 saturated carbocycles. The number of aryl methyl sites for hydroxylation is 2. The lowest BCUT2D eigenvalue weighted by Gasteiger charge is -2.16. The van der Waals surface area contributed by atoms with Gasteiger partial charge in [-0.2, -0.15) is 0 Å². The number of rotatable bonds is 4. The van der Waals surface area contributed by atoms with Crippen LogP contribution in [-0.4, -0.2) is 13.0 Å². The molecule has 1 aliphatic rings. The zero-order valence-corrected chi connectivity index (χ0v) is 14.1. The van der Waals surface area contributed by atoms with Gasteiger partial charge in [0.2, 0.25) is 0 Å². The van der Waals surface area contributed by atoms with Crippen LogP contribution >= 0.6 is 11.6 Å². The number of amides is 1. The molecule has 0 aromatic heterocycles. The fourth-order valence-corrected chi connectivity index (χ4v) is 3.29. The smallest absolute Gasteiger partial charge is 0.251 e. The maximum absolute atomic E-state index is 12.4. The van der Waals surface area contributed by atoms with Gasteiger partial charge in [0.1, 0.15) is 5.75 Å². The van der Waals surface area contributed by atoms with Gasteiger partial charge in [-0.1, -0.05) is 29.8 Å². The molecule has 0 bridgehead atoms. The lowest BCUT2D eigenvalue weighted by molar-refractivity contribution is 0.0940. The van der Waals surface area contributed by atoms with Crippen LogP contribution in [0.15, 0.2) is 36.4 Å². The zero-order valence-electron chi connectivity index (χ0n) is 13.4. The first-order valence-corrected chi connectivity index (χ1v) is 8.22. The van der Waals surface area contributed by atoms with Crippen molar-refractivity contribution in [3.63, 3.8) is 0 Å². The van der Waals surface area contributed by atoms with Crippen LogP contribution in [-0.2, 0) is 12.8 Å². The number of fused-ring (bicyclic) bond motifs is 1. The number of ether oxygens (including phenoxy) is 1. The number of hydrogen-bond acceptors (Lipinski definition) is 2. The van der Waals surface area contributed by atoms with E-state index in [1.807, 2.05) is 6.92 Å². The van der Waals surface area contributed by atoms with E-state index < -0.39 is 0 Å². The molecule has 0 radical (unpaired) electrons. The summed E-state index contributed by atoms with van der Waals surface area (Å²) in [6, 6.07) is 11.5. The molecule has 2 aromatic rings. The van der Waals surface area contributed by atoms with Crippen molar-refractivity contribution < 1.29 is 9.53 Å². The van der Waals surface area contributed by atoms with Crippen LogP contribution in [0.2, 0.25) is 5.02 Å². The Hall–Kier alpha value is -2.00. The molecule has 0 saturated heterocycles. The lowest BCUT2D eigenvalue weighted by atomic mass is 10.0. The SMILES string of the molecule is COc1ccc(C(=O)N[C@@H](C)c2ccc3c(c2)CCC3)cc1Cl. The van der Waals surface area contributed by atoms with Crippen molar-refractivity contribution in [3.05, 3.63) is 63.7 Å². The summed E-state index contributed by atoms with van der Waals surface area (Å²) in [5, 5.41) is 3.47. The van der Waals surface area contributed by atoms with Crippen molar-refractivity contribution in [2.24, 2.45) is 0 Å².